The molecular weight excluding hydrogens is 434 g/mol. The molecule has 4 rings (SSSR count). The second kappa shape index (κ2) is 10.2. The van der Waals surface area contributed by atoms with Crippen LogP contribution in [0.25, 0.3) is 28.2 Å². The Balaban J connectivity index is 1.74. The van der Waals surface area contributed by atoms with Gasteiger partial charge in [0.1, 0.15) is 17.0 Å². The van der Waals surface area contributed by atoms with E-state index in [-0.39, 0.29) is 22.7 Å². The van der Waals surface area contributed by atoms with Crippen molar-refractivity contribution < 1.29 is 14.3 Å². The quantitative estimate of drug-likeness (QED) is 0.346. The van der Waals surface area contributed by atoms with Crippen molar-refractivity contribution in [2.75, 3.05) is 13.7 Å². The van der Waals surface area contributed by atoms with Crippen molar-refractivity contribution in [3.63, 3.8) is 0 Å². The first-order chi connectivity index (χ1) is 16.5. The number of primary amides is 1. The molecule has 2 heterocycles. The molecular formula is C25H27N5O4. The molecule has 9 heteroatoms. The van der Waals surface area contributed by atoms with Crippen LogP contribution in [0.2, 0.25) is 0 Å². The number of methoxy groups -OCH3 is 1. The molecule has 2 aromatic heterocycles. The summed E-state index contributed by atoms with van der Waals surface area (Å²) in [7, 11) is 1.52. The van der Waals surface area contributed by atoms with Gasteiger partial charge >= 0.3 is 5.69 Å². The molecule has 0 aliphatic rings. The zero-order valence-corrected chi connectivity index (χ0v) is 19.2. The number of hydrogen-bond acceptors (Lipinski definition) is 6. The third-order valence-electron chi connectivity index (χ3n) is 5.48. The lowest BCUT2D eigenvalue weighted by Gasteiger charge is -2.10. The van der Waals surface area contributed by atoms with Crippen LogP contribution in [-0.2, 0) is 0 Å². The van der Waals surface area contributed by atoms with Crippen molar-refractivity contribution in [3.05, 3.63) is 64.7 Å². The lowest BCUT2D eigenvalue weighted by Crippen LogP contribution is -2.16. The summed E-state index contributed by atoms with van der Waals surface area (Å²) in [5.74, 6) is 0.711. The number of aromatic nitrogens is 4. The monoisotopic (exact) mass is 461 g/mol. The lowest BCUT2D eigenvalue weighted by atomic mass is 10.2. The van der Waals surface area contributed by atoms with E-state index in [0.29, 0.717) is 23.6 Å². The number of nitrogens with zero attached hydrogens (tertiary/aromatic N) is 3. The second-order valence-electron chi connectivity index (χ2n) is 7.83. The van der Waals surface area contributed by atoms with Crippen LogP contribution in [0, 0.1) is 0 Å². The molecule has 0 spiro atoms. The van der Waals surface area contributed by atoms with Crippen molar-refractivity contribution >= 4 is 17.1 Å². The normalized spacial score (nSPS) is 11.0. The van der Waals surface area contributed by atoms with Crippen LogP contribution in [0.4, 0.5) is 0 Å². The molecule has 0 atom stereocenters. The minimum atomic E-state index is -0.769. The van der Waals surface area contributed by atoms with E-state index in [1.54, 1.807) is 24.3 Å². The third-order valence-corrected chi connectivity index (χ3v) is 5.48. The first-order valence-corrected chi connectivity index (χ1v) is 11.2. The minimum absolute atomic E-state index is 0.0676. The van der Waals surface area contributed by atoms with E-state index in [4.69, 9.17) is 15.2 Å². The molecule has 2 aromatic carbocycles. The predicted octanol–water partition coefficient (Wildman–Crippen LogP) is 3.84. The first-order valence-electron chi connectivity index (χ1n) is 11.2. The van der Waals surface area contributed by atoms with Crippen molar-refractivity contribution in [2.24, 2.45) is 5.73 Å². The first kappa shape index (κ1) is 23.0. The molecule has 0 aliphatic heterocycles. The van der Waals surface area contributed by atoms with Gasteiger partial charge in [0.15, 0.2) is 17.2 Å². The number of amides is 1. The maximum atomic E-state index is 12.9. The summed E-state index contributed by atoms with van der Waals surface area (Å²) < 4.78 is 12.6. The summed E-state index contributed by atoms with van der Waals surface area (Å²) in [4.78, 5) is 36.6. The Bertz CT molecular complexity index is 1360. The number of H-pyrrole nitrogens is 1. The highest BCUT2D eigenvalue weighted by molar-refractivity contribution is 6.02. The number of imidazole rings is 1. The van der Waals surface area contributed by atoms with Gasteiger partial charge in [0, 0.05) is 5.56 Å². The smallest absolute Gasteiger partial charge is 0.332 e. The number of benzene rings is 2. The average molecular weight is 462 g/mol. The lowest BCUT2D eigenvalue weighted by molar-refractivity contribution is 0.0997. The molecule has 3 N–H and O–H groups in total. The highest BCUT2D eigenvalue weighted by Gasteiger charge is 2.21. The van der Waals surface area contributed by atoms with E-state index in [0.717, 1.165) is 18.6 Å². The molecule has 0 unspecified atom stereocenters. The molecule has 34 heavy (non-hydrogen) atoms. The topological polar surface area (TPSA) is 125 Å². The summed E-state index contributed by atoms with van der Waals surface area (Å²) in [6.07, 6.45) is 4.52. The molecule has 0 fully saturated rings. The van der Waals surface area contributed by atoms with Crippen LogP contribution in [0.3, 0.4) is 0 Å². The van der Waals surface area contributed by atoms with E-state index in [1.165, 1.54) is 24.5 Å². The molecule has 9 nitrogen and oxygen atoms in total. The number of unbranched alkanes of at least 4 members (excludes halogenated alkanes) is 3. The summed E-state index contributed by atoms with van der Waals surface area (Å²) >= 11 is 0. The summed E-state index contributed by atoms with van der Waals surface area (Å²) in [6.45, 7) is 2.83. The fourth-order valence-corrected chi connectivity index (χ4v) is 3.75. The van der Waals surface area contributed by atoms with Gasteiger partial charge in [-0.15, -0.1) is 0 Å². The van der Waals surface area contributed by atoms with Crippen molar-refractivity contribution in [2.45, 2.75) is 32.6 Å². The number of carbonyl (C=O) groups is 1. The molecule has 4 aromatic rings. The van der Waals surface area contributed by atoms with E-state index < -0.39 is 11.6 Å². The number of nitrogens with one attached hydrogen (secondary N) is 1. The van der Waals surface area contributed by atoms with Gasteiger partial charge < -0.3 is 20.2 Å². The third kappa shape index (κ3) is 4.63. The molecule has 0 saturated carbocycles. The van der Waals surface area contributed by atoms with Crippen LogP contribution < -0.4 is 20.9 Å². The average Bonchev–Trinajstić information content (AvgIpc) is 3.18. The summed E-state index contributed by atoms with van der Waals surface area (Å²) in [5.41, 5.74) is 6.56. The fourth-order valence-electron chi connectivity index (χ4n) is 3.75. The van der Waals surface area contributed by atoms with Gasteiger partial charge in [-0.25, -0.2) is 19.3 Å². The van der Waals surface area contributed by atoms with Crippen molar-refractivity contribution in [1.82, 2.24) is 19.5 Å². The molecule has 176 valence electrons. The van der Waals surface area contributed by atoms with E-state index >= 15 is 0 Å². The zero-order valence-electron chi connectivity index (χ0n) is 19.2. The number of fused-ring (bicyclic) bond motifs is 1. The molecule has 0 aliphatic carbocycles. The number of aromatic amines is 1. The standard InChI is InChI=1S/C25H27N5O4/c1-3-4-5-8-15-34-17-13-11-16(12-14-17)23-27-20(22(26)31)21-24(29-23)30(25(32)28-21)18-9-6-7-10-19(18)33-2/h6-7,9-14H,3-5,8,15H2,1-2H3,(H2,26,31)(H,28,32). The molecule has 0 saturated heterocycles. The van der Waals surface area contributed by atoms with Crippen LogP contribution in [0.5, 0.6) is 11.5 Å². The number of para-hydroxylation sites is 2. The highest BCUT2D eigenvalue weighted by Crippen LogP contribution is 2.27. The summed E-state index contributed by atoms with van der Waals surface area (Å²) in [6, 6.07) is 14.3. The fraction of sp³-hybridized carbons (Fsp3) is 0.280. The molecule has 0 bridgehead atoms. The van der Waals surface area contributed by atoms with E-state index in [9.17, 15) is 9.59 Å². The number of hydrogen-bond donors (Lipinski definition) is 2. The predicted molar refractivity (Wildman–Crippen MR) is 130 cm³/mol. The van der Waals surface area contributed by atoms with Crippen LogP contribution in [0.15, 0.2) is 53.3 Å². The van der Waals surface area contributed by atoms with Crippen LogP contribution in [-0.4, -0.2) is 39.1 Å². The Morgan fingerprint density at radius 3 is 2.53 bits per heavy atom. The van der Waals surface area contributed by atoms with Gasteiger partial charge in [-0.1, -0.05) is 38.3 Å². The zero-order chi connectivity index (χ0) is 24.1. The SMILES string of the molecule is CCCCCCOc1ccc(-c2nc(C(N)=O)c3[nH]c(=O)n(-c4ccccc4OC)c3n2)cc1. The Morgan fingerprint density at radius 2 is 1.82 bits per heavy atom. The Labute approximate surface area is 196 Å². The largest absolute Gasteiger partial charge is 0.495 e. The van der Waals surface area contributed by atoms with Gasteiger partial charge in [-0.05, 0) is 42.8 Å². The van der Waals surface area contributed by atoms with Crippen molar-refractivity contribution in [1.29, 1.82) is 0 Å². The van der Waals surface area contributed by atoms with E-state index in [2.05, 4.69) is 21.9 Å². The minimum Gasteiger partial charge on any atom is -0.495 e. The number of carbonyl (C=O) groups excluding carboxylic acids is 1. The van der Waals surface area contributed by atoms with Crippen LogP contribution >= 0.6 is 0 Å². The maximum absolute atomic E-state index is 12.9. The Hall–Kier alpha value is -4.14. The Morgan fingerprint density at radius 1 is 1.06 bits per heavy atom. The van der Waals surface area contributed by atoms with Gasteiger partial charge in [0.05, 0.1) is 19.4 Å². The molecule has 0 radical (unpaired) electrons. The Kier molecular flexibility index (Phi) is 6.91. The van der Waals surface area contributed by atoms with E-state index in [1.807, 2.05) is 24.3 Å². The number of nitrogens with two attached hydrogens (primary N) is 1. The second-order valence-corrected chi connectivity index (χ2v) is 7.83. The van der Waals surface area contributed by atoms with Crippen molar-refractivity contribution in [3.8, 4) is 28.6 Å². The van der Waals surface area contributed by atoms with Gasteiger partial charge in [0.2, 0.25) is 0 Å². The summed E-state index contributed by atoms with van der Waals surface area (Å²) in [5, 5.41) is 0. The highest BCUT2D eigenvalue weighted by atomic mass is 16.5. The van der Waals surface area contributed by atoms with Gasteiger partial charge in [-0.2, -0.15) is 0 Å². The van der Waals surface area contributed by atoms with Gasteiger partial charge in [0.25, 0.3) is 5.91 Å². The maximum Gasteiger partial charge on any atom is 0.332 e. The molecule has 1 amide bonds. The van der Waals surface area contributed by atoms with Crippen LogP contribution in [0.1, 0.15) is 43.1 Å². The van der Waals surface area contributed by atoms with Gasteiger partial charge in [-0.3, -0.25) is 4.79 Å². The number of rotatable bonds is 10. The number of ether oxygens (including phenoxy) is 2.